The van der Waals surface area contributed by atoms with Gasteiger partial charge in [-0.15, -0.1) is 0 Å². The predicted octanol–water partition coefficient (Wildman–Crippen LogP) is 1.32. The zero-order valence-electron chi connectivity index (χ0n) is 14.2. The van der Waals surface area contributed by atoms with Gasteiger partial charge in [-0.05, 0) is 27.2 Å². The van der Waals surface area contributed by atoms with Crippen molar-refractivity contribution in [2.45, 2.75) is 46.7 Å². The molecule has 1 aliphatic heterocycles. The van der Waals surface area contributed by atoms with Gasteiger partial charge >= 0.3 is 0 Å². The number of rotatable bonds is 6. The number of hydrogen-bond acceptors (Lipinski definition) is 5. The summed E-state index contributed by atoms with van der Waals surface area (Å²) in [4.78, 5) is 16.5. The van der Waals surface area contributed by atoms with Crippen molar-refractivity contribution in [1.29, 1.82) is 0 Å². The van der Waals surface area contributed by atoms with Crippen LogP contribution >= 0.6 is 0 Å². The van der Waals surface area contributed by atoms with Gasteiger partial charge < -0.3 is 9.84 Å². The van der Waals surface area contributed by atoms with E-state index in [0.29, 0.717) is 6.54 Å². The molecule has 0 bridgehead atoms. The fourth-order valence-electron chi connectivity index (χ4n) is 2.68. The summed E-state index contributed by atoms with van der Waals surface area (Å²) >= 11 is 0. The molecule has 124 valence electrons. The highest BCUT2D eigenvalue weighted by atomic mass is 16.5. The predicted molar refractivity (Wildman–Crippen MR) is 85.6 cm³/mol. The molecule has 0 radical (unpaired) electrons. The van der Waals surface area contributed by atoms with Crippen LogP contribution in [0.5, 0.6) is 0 Å². The molecule has 22 heavy (non-hydrogen) atoms. The van der Waals surface area contributed by atoms with Gasteiger partial charge in [-0.1, -0.05) is 12.1 Å². The summed E-state index contributed by atoms with van der Waals surface area (Å²) < 4.78 is 5.22. The van der Waals surface area contributed by atoms with E-state index >= 15 is 0 Å². The molecule has 1 saturated heterocycles. The van der Waals surface area contributed by atoms with Gasteiger partial charge in [0.15, 0.2) is 0 Å². The van der Waals surface area contributed by atoms with E-state index in [0.717, 1.165) is 50.6 Å². The molecule has 0 aliphatic carbocycles. The van der Waals surface area contributed by atoms with Crippen molar-refractivity contribution in [2.24, 2.45) is 0 Å². The Bertz CT molecular complexity index is 473. The first kappa shape index (κ1) is 17.0. The van der Waals surface area contributed by atoms with E-state index in [1.165, 1.54) is 5.56 Å². The molecule has 1 atom stereocenters. The monoisotopic (exact) mass is 308 g/mol. The van der Waals surface area contributed by atoms with Gasteiger partial charge in [-0.3, -0.25) is 14.6 Å². The molecular formula is C16H28N4O2. The van der Waals surface area contributed by atoms with Gasteiger partial charge in [-0.2, -0.15) is 0 Å². The molecule has 0 aromatic carbocycles. The molecule has 1 fully saturated rings. The number of carbonyl (C=O) groups is 1. The van der Waals surface area contributed by atoms with E-state index in [1.54, 1.807) is 0 Å². The number of carbonyl (C=O) groups excluding carboxylic acids is 1. The second kappa shape index (κ2) is 7.74. The first-order valence-corrected chi connectivity index (χ1v) is 8.15. The van der Waals surface area contributed by atoms with Crippen LogP contribution in [-0.4, -0.2) is 59.6 Å². The largest absolute Gasteiger partial charge is 0.361 e. The standard InChI is InChI=1S/C16H28N4O2/c1-5-12(2)17-16(21)11-20-8-6-19(7-9-20)10-15-13(3)18-22-14(15)4/h12H,5-11H2,1-4H3,(H,17,21)/t12-/m0/s1. The molecule has 6 nitrogen and oxygen atoms in total. The Balaban J connectivity index is 1.75. The lowest BCUT2D eigenvalue weighted by Crippen LogP contribution is -2.49. The Labute approximate surface area is 132 Å². The fourth-order valence-corrected chi connectivity index (χ4v) is 2.68. The van der Waals surface area contributed by atoms with Gasteiger partial charge in [0.1, 0.15) is 5.76 Å². The third-order valence-electron chi connectivity index (χ3n) is 4.41. The lowest BCUT2D eigenvalue weighted by atomic mass is 10.2. The lowest BCUT2D eigenvalue weighted by Gasteiger charge is -2.34. The highest BCUT2D eigenvalue weighted by Crippen LogP contribution is 2.16. The Morgan fingerprint density at radius 3 is 2.45 bits per heavy atom. The van der Waals surface area contributed by atoms with Crippen molar-refractivity contribution in [3.63, 3.8) is 0 Å². The zero-order valence-corrected chi connectivity index (χ0v) is 14.2. The van der Waals surface area contributed by atoms with Crippen LogP contribution in [0.15, 0.2) is 4.52 Å². The fraction of sp³-hybridized carbons (Fsp3) is 0.750. The average Bonchev–Trinajstić information content (AvgIpc) is 2.80. The molecule has 0 saturated carbocycles. The van der Waals surface area contributed by atoms with Crippen LogP contribution in [0.25, 0.3) is 0 Å². The third-order valence-corrected chi connectivity index (χ3v) is 4.41. The van der Waals surface area contributed by atoms with Crippen LogP contribution < -0.4 is 5.32 Å². The summed E-state index contributed by atoms with van der Waals surface area (Å²) in [6, 6.07) is 0.258. The van der Waals surface area contributed by atoms with Crippen LogP contribution in [0.2, 0.25) is 0 Å². The van der Waals surface area contributed by atoms with Gasteiger partial charge in [0, 0.05) is 44.3 Å². The number of aromatic nitrogens is 1. The minimum atomic E-state index is 0.133. The second-order valence-electron chi connectivity index (χ2n) is 6.23. The van der Waals surface area contributed by atoms with Crippen molar-refractivity contribution >= 4 is 5.91 Å². The van der Waals surface area contributed by atoms with Crippen molar-refractivity contribution < 1.29 is 9.32 Å². The average molecular weight is 308 g/mol. The van der Waals surface area contributed by atoms with E-state index in [1.807, 2.05) is 20.8 Å². The van der Waals surface area contributed by atoms with Crippen LogP contribution in [0, 0.1) is 13.8 Å². The Kier molecular flexibility index (Phi) is 5.97. The number of amides is 1. The molecule has 0 spiro atoms. The normalized spacial score (nSPS) is 18.4. The number of hydrogen-bond donors (Lipinski definition) is 1. The van der Waals surface area contributed by atoms with Crippen LogP contribution in [0.4, 0.5) is 0 Å². The van der Waals surface area contributed by atoms with Gasteiger partial charge in [0.25, 0.3) is 0 Å². The first-order chi connectivity index (χ1) is 10.5. The summed E-state index contributed by atoms with van der Waals surface area (Å²) in [5.41, 5.74) is 2.18. The molecule has 6 heteroatoms. The summed E-state index contributed by atoms with van der Waals surface area (Å²) in [6.45, 7) is 13.3. The highest BCUT2D eigenvalue weighted by molar-refractivity contribution is 5.78. The molecule has 1 aromatic heterocycles. The van der Waals surface area contributed by atoms with Gasteiger partial charge in [0.05, 0.1) is 12.2 Å². The first-order valence-electron chi connectivity index (χ1n) is 8.15. The van der Waals surface area contributed by atoms with E-state index in [4.69, 9.17) is 4.52 Å². The van der Waals surface area contributed by atoms with E-state index in [2.05, 4.69) is 27.2 Å². The number of piperazine rings is 1. The van der Waals surface area contributed by atoms with Crippen molar-refractivity contribution in [1.82, 2.24) is 20.3 Å². The summed E-state index contributed by atoms with van der Waals surface area (Å²) in [5.74, 6) is 1.04. The molecule has 1 amide bonds. The molecule has 1 aromatic rings. The number of nitrogens with zero attached hydrogens (tertiary/aromatic N) is 3. The Morgan fingerprint density at radius 1 is 1.27 bits per heavy atom. The summed E-state index contributed by atoms with van der Waals surface area (Å²) in [5, 5.41) is 7.03. The Hall–Kier alpha value is -1.40. The highest BCUT2D eigenvalue weighted by Gasteiger charge is 2.21. The molecule has 0 unspecified atom stereocenters. The lowest BCUT2D eigenvalue weighted by molar-refractivity contribution is -0.123. The van der Waals surface area contributed by atoms with E-state index < -0.39 is 0 Å². The maximum Gasteiger partial charge on any atom is 0.234 e. The maximum atomic E-state index is 11.9. The summed E-state index contributed by atoms with van der Waals surface area (Å²) in [7, 11) is 0. The van der Waals surface area contributed by atoms with Crippen molar-refractivity contribution in [3.05, 3.63) is 17.0 Å². The van der Waals surface area contributed by atoms with Crippen molar-refractivity contribution in [3.8, 4) is 0 Å². The topological polar surface area (TPSA) is 61.6 Å². The molecular weight excluding hydrogens is 280 g/mol. The summed E-state index contributed by atoms with van der Waals surface area (Å²) in [6.07, 6.45) is 0.969. The quantitative estimate of drug-likeness (QED) is 0.859. The molecule has 2 heterocycles. The SMILES string of the molecule is CC[C@H](C)NC(=O)CN1CCN(Cc2c(C)noc2C)CC1. The zero-order chi connectivity index (χ0) is 16.1. The van der Waals surface area contributed by atoms with Crippen molar-refractivity contribution in [2.75, 3.05) is 32.7 Å². The number of aryl methyl sites for hydroxylation is 2. The van der Waals surface area contributed by atoms with E-state index in [-0.39, 0.29) is 11.9 Å². The van der Waals surface area contributed by atoms with Gasteiger partial charge in [0.2, 0.25) is 5.91 Å². The Morgan fingerprint density at radius 2 is 1.91 bits per heavy atom. The van der Waals surface area contributed by atoms with Gasteiger partial charge in [-0.25, -0.2) is 0 Å². The van der Waals surface area contributed by atoms with Crippen LogP contribution in [0.3, 0.4) is 0 Å². The molecule has 2 rings (SSSR count). The molecule has 1 N–H and O–H groups in total. The second-order valence-corrected chi connectivity index (χ2v) is 6.23. The van der Waals surface area contributed by atoms with E-state index in [9.17, 15) is 4.79 Å². The molecule has 1 aliphatic rings. The minimum Gasteiger partial charge on any atom is -0.361 e. The van der Waals surface area contributed by atoms with Crippen LogP contribution in [0.1, 0.15) is 37.3 Å². The third kappa shape index (κ3) is 4.55. The smallest absolute Gasteiger partial charge is 0.234 e. The number of nitrogens with one attached hydrogen (secondary N) is 1. The maximum absolute atomic E-state index is 11.9. The van der Waals surface area contributed by atoms with Crippen LogP contribution in [-0.2, 0) is 11.3 Å². The minimum absolute atomic E-state index is 0.133.